The van der Waals surface area contributed by atoms with Gasteiger partial charge >= 0.3 is 0 Å². The smallest absolute Gasteiger partial charge is 0.251 e. The second-order valence-corrected chi connectivity index (χ2v) is 9.52. The molecule has 9 heteroatoms. The van der Waals surface area contributed by atoms with Crippen LogP contribution in [0.1, 0.15) is 37.9 Å². The summed E-state index contributed by atoms with van der Waals surface area (Å²) in [5.74, 6) is -1.20. The summed E-state index contributed by atoms with van der Waals surface area (Å²) in [6, 6.07) is 10.4. The lowest BCUT2D eigenvalue weighted by Gasteiger charge is -2.39. The van der Waals surface area contributed by atoms with Crippen LogP contribution in [0.4, 0.5) is 5.69 Å². The molecule has 7 nitrogen and oxygen atoms in total. The van der Waals surface area contributed by atoms with E-state index in [0.29, 0.717) is 28.7 Å². The van der Waals surface area contributed by atoms with E-state index in [1.165, 1.54) is 4.90 Å². The van der Waals surface area contributed by atoms with Crippen LogP contribution in [-0.4, -0.2) is 48.3 Å². The molecule has 1 heterocycles. The van der Waals surface area contributed by atoms with Crippen molar-refractivity contribution in [3.8, 4) is 0 Å². The molecular weight excluding hydrogens is 475 g/mol. The van der Waals surface area contributed by atoms with Crippen LogP contribution in [0.3, 0.4) is 0 Å². The van der Waals surface area contributed by atoms with Crippen LogP contribution in [0.15, 0.2) is 42.5 Å². The molecule has 1 aliphatic rings. The minimum absolute atomic E-state index is 0.181. The third-order valence-electron chi connectivity index (χ3n) is 6.08. The lowest BCUT2D eigenvalue weighted by atomic mass is 9.90. The van der Waals surface area contributed by atoms with Gasteiger partial charge in [-0.1, -0.05) is 67.4 Å². The van der Waals surface area contributed by atoms with Gasteiger partial charge in [-0.2, -0.15) is 0 Å². The fraction of sp³-hybridized carbons (Fsp3) is 0.400. The molecular formula is C25H30Cl2N4O3. The van der Waals surface area contributed by atoms with Crippen LogP contribution >= 0.6 is 23.2 Å². The van der Waals surface area contributed by atoms with Crippen molar-refractivity contribution >= 4 is 46.6 Å². The molecule has 0 spiro atoms. The number of hydrogen-bond acceptors (Lipinski definition) is 4. The first-order valence-corrected chi connectivity index (χ1v) is 12.0. The molecule has 3 N–H and O–H groups in total. The van der Waals surface area contributed by atoms with Crippen molar-refractivity contribution in [2.75, 3.05) is 18.9 Å². The third-order valence-corrected chi connectivity index (χ3v) is 6.71. The summed E-state index contributed by atoms with van der Waals surface area (Å²) >= 11 is 12.5. The zero-order chi connectivity index (χ0) is 25.0. The summed E-state index contributed by atoms with van der Waals surface area (Å²) in [7, 11) is 1.68. The molecule has 3 atom stereocenters. The van der Waals surface area contributed by atoms with E-state index in [4.69, 9.17) is 23.2 Å². The van der Waals surface area contributed by atoms with E-state index >= 15 is 0 Å². The topological polar surface area (TPSA) is 90.5 Å². The standard InChI is InChI=1S/C25H30Cl2N4O3/c1-14(2)20(29-23(32)15(3)28-4)25(34)31-13-12-16-8-5-6-9-17(16)22(31)24(33)30-21-18(26)10-7-11-19(21)27/h5-11,14-15,20,22,28H,12-13H2,1-4H3,(H,29,32)(H,30,33)/t15-,20-,22-/m0/s1. The van der Waals surface area contributed by atoms with Crippen LogP contribution in [0.5, 0.6) is 0 Å². The van der Waals surface area contributed by atoms with Gasteiger partial charge in [0.15, 0.2) is 0 Å². The minimum atomic E-state index is -0.898. The van der Waals surface area contributed by atoms with E-state index in [2.05, 4.69) is 16.0 Å². The molecule has 182 valence electrons. The van der Waals surface area contributed by atoms with Crippen molar-refractivity contribution in [1.29, 1.82) is 0 Å². The maximum atomic E-state index is 13.8. The highest BCUT2D eigenvalue weighted by Crippen LogP contribution is 2.35. The Balaban J connectivity index is 1.97. The molecule has 0 aromatic heterocycles. The van der Waals surface area contributed by atoms with E-state index in [0.717, 1.165) is 11.1 Å². The summed E-state index contributed by atoms with van der Waals surface area (Å²) in [4.78, 5) is 41.4. The number of rotatable bonds is 7. The summed E-state index contributed by atoms with van der Waals surface area (Å²) in [6.07, 6.45) is 0.601. The van der Waals surface area contributed by atoms with Crippen LogP contribution < -0.4 is 16.0 Å². The van der Waals surface area contributed by atoms with Crippen LogP contribution in [0.25, 0.3) is 0 Å². The molecule has 0 saturated carbocycles. The number of benzene rings is 2. The number of carbonyl (C=O) groups is 3. The maximum absolute atomic E-state index is 13.8. The van der Waals surface area contributed by atoms with Gasteiger partial charge in [-0.15, -0.1) is 0 Å². The first-order valence-electron chi connectivity index (χ1n) is 11.3. The number of fused-ring (bicyclic) bond motifs is 1. The summed E-state index contributed by atoms with van der Waals surface area (Å²) < 4.78 is 0. The number of carbonyl (C=O) groups excluding carboxylic acids is 3. The van der Waals surface area contributed by atoms with Crippen LogP contribution in [0, 0.1) is 5.92 Å². The molecule has 0 aliphatic carbocycles. The fourth-order valence-electron chi connectivity index (χ4n) is 4.00. The summed E-state index contributed by atoms with van der Waals surface area (Å²) in [5, 5.41) is 9.15. The third kappa shape index (κ3) is 5.54. The highest BCUT2D eigenvalue weighted by atomic mass is 35.5. The molecule has 34 heavy (non-hydrogen) atoms. The number of anilines is 1. The molecule has 0 bridgehead atoms. The van der Waals surface area contributed by atoms with Gasteiger partial charge in [0.2, 0.25) is 11.8 Å². The Kier molecular flexibility index (Phi) is 8.57. The highest BCUT2D eigenvalue weighted by molar-refractivity contribution is 6.39. The predicted octanol–water partition coefficient (Wildman–Crippen LogP) is 3.81. The van der Waals surface area contributed by atoms with Crippen molar-refractivity contribution in [2.45, 2.75) is 45.3 Å². The van der Waals surface area contributed by atoms with Crippen LogP contribution in [0.2, 0.25) is 10.0 Å². The minimum Gasteiger partial charge on any atom is -0.343 e. The van der Waals surface area contributed by atoms with E-state index < -0.39 is 24.0 Å². The quantitative estimate of drug-likeness (QED) is 0.534. The van der Waals surface area contributed by atoms with Gasteiger partial charge in [0.1, 0.15) is 12.1 Å². The molecule has 0 radical (unpaired) electrons. The Bertz CT molecular complexity index is 1060. The van der Waals surface area contributed by atoms with Gasteiger partial charge in [0.25, 0.3) is 5.91 Å². The van der Waals surface area contributed by atoms with Gasteiger partial charge in [-0.05, 0) is 49.6 Å². The molecule has 0 unspecified atom stereocenters. The fourth-order valence-corrected chi connectivity index (χ4v) is 4.49. The van der Waals surface area contributed by atoms with Crippen molar-refractivity contribution in [3.05, 3.63) is 63.6 Å². The normalized spacial score (nSPS) is 17.0. The Morgan fingerprint density at radius 1 is 1.00 bits per heavy atom. The number of para-hydroxylation sites is 1. The predicted molar refractivity (Wildman–Crippen MR) is 135 cm³/mol. The van der Waals surface area contributed by atoms with Crippen molar-refractivity contribution in [3.63, 3.8) is 0 Å². The van der Waals surface area contributed by atoms with E-state index in [1.807, 2.05) is 38.1 Å². The van der Waals surface area contributed by atoms with Crippen molar-refractivity contribution in [1.82, 2.24) is 15.5 Å². The highest BCUT2D eigenvalue weighted by Gasteiger charge is 2.40. The van der Waals surface area contributed by atoms with Gasteiger partial charge < -0.3 is 20.9 Å². The second-order valence-electron chi connectivity index (χ2n) is 8.71. The lowest BCUT2D eigenvalue weighted by molar-refractivity contribution is -0.144. The first-order chi connectivity index (χ1) is 16.1. The SMILES string of the molecule is CN[C@@H](C)C(=O)N[C@H](C(=O)N1CCc2ccccc2[C@H]1C(=O)Nc1c(Cl)cccc1Cl)C(C)C. The lowest BCUT2D eigenvalue weighted by Crippen LogP contribution is -2.57. The van der Waals surface area contributed by atoms with E-state index in [9.17, 15) is 14.4 Å². The van der Waals surface area contributed by atoms with Gasteiger partial charge in [0.05, 0.1) is 21.8 Å². The first kappa shape index (κ1) is 26.0. The average Bonchev–Trinajstić information content (AvgIpc) is 2.82. The molecule has 2 aromatic carbocycles. The monoisotopic (exact) mass is 504 g/mol. The summed E-state index contributed by atoms with van der Waals surface area (Å²) in [6.45, 7) is 5.79. The average molecular weight is 505 g/mol. The second kappa shape index (κ2) is 11.2. The number of nitrogens with zero attached hydrogens (tertiary/aromatic N) is 1. The Labute approximate surface area is 210 Å². The number of halogens is 2. The van der Waals surface area contributed by atoms with E-state index in [1.54, 1.807) is 32.2 Å². The van der Waals surface area contributed by atoms with Gasteiger partial charge in [-0.3, -0.25) is 14.4 Å². The van der Waals surface area contributed by atoms with Gasteiger partial charge in [0, 0.05) is 6.54 Å². The molecule has 0 fully saturated rings. The number of hydrogen-bond donors (Lipinski definition) is 3. The number of nitrogens with one attached hydrogen (secondary N) is 3. The Morgan fingerprint density at radius 2 is 1.65 bits per heavy atom. The van der Waals surface area contributed by atoms with E-state index in [-0.39, 0.29) is 17.7 Å². The number of amides is 3. The largest absolute Gasteiger partial charge is 0.343 e. The zero-order valence-corrected chi connectivity index (χ0v) is 21.2. The van der Waals surface area contributed by atoms with Crippen molar-refractivity contribution in [2.24, 2.45) is 5.92 Å². The molecule has 3 rings (SSSR count). The van der Waals surface area contributed by atoms with Crippen LogP contribution in [-0.2, 0) is 20.8 Å². The Hall–Kier alpha value is -2.61. The van der Waals surface area contributed by atoms with Crippen molar-refractivity contribution < 1.29 is 14.4 Å². The molecule has 2 aromatic rings. The molecule has 0 saturated heterocycles. The molecule has 3 amide bonds. The number of likely N-dealkylation sites (N-methyl/N-ethyl adjacent to an activating group) is 1. The molecule has 1 aliphatic heterocycles. The summed E-state index contributed by atoms with van der Waals surface area (Å²) in [5.41, 5.74) is 2.02. The Morgan fingerprint density at radius 3 is 2.26 bits per heavy atom. The van der Waals surface area contributed by atoms with Gasteiger partial charge in [-0.25, -0.2) is 0 Å². The maximum Gasteiger partial charge on any atom is 0.251 e. The zero-order valence-electron chi connectivity index (χ0n) is 19.7.